The fraction of sp³-hybridized carbons (Fsp3) is 0.273. The lowest BCUT2D eigenvalue weighted by atomic mass is 10.1. The van der Waals surface area contributed by atoms with Crippen LogP contribution in [0, 0.1) is 0 Å². The van der Waals surface area contributed by atoms with E-state index in [1.807, 2.05) is 13.8 Å². The molecule has 0 radical (unpaired) electrons. The number of benzene rings is 2. The standard InChI is InChI=1S/C22H25ClN2O5/c1-14(2)30-22-18(23)10-15(11-19(22)29-4)8-9-20(26)24-16-6-5-7-17(12-16)25-21(27)13-28-3/h5-12,14H,13H2,1-4H3,(H,24,26)(H,25,27)/b9-8+. The lowest BCUT2D eigenvalue weighted by Gasteiger charge is -2.15. The van der Waals surface area contributed by atoms with Crippen LogP contribution in [0.15, 0.2) is 42.5 Å². The first-order chi connectivity index (χ1) is 14.3. The SMILES string of the molecule is COCC(=O)Nc1cccc(NC(=O)/C=C/c2cc(Cl)c(OC(C)C)c(OC)c2)c1. The van der Waals surface area contributed by atoms with Gasteiger partial charge in [-0.3, -0.25) is 9.59 Å². The van der Waals surface area contributed by atoms with Crippen LogP contribution in [0.4, 0.5) is 11.4 Å². The van der Waals surface area contributed by atoms with Gasteiger partial charge in [-0.25, -0.2) is 0 Å². The second kappa shape index (κ2) is 11.2. The molecule has 2 N–H and O–H groups in total. The molecule has 0 aliphatic rings. The molecule has 0 unspecified atom stereocenters. The van der Waals surface area contributed by atoms with Crippen LogP contribution in [0.1, 0.15) is 19.4 Å². The topological polar surface area (TPSA) is 85.9 Å². The van der Waals surface area contributed by atoms with Gasteiger partial charge in [-0.15, -0.1) is 0 Å². The van der Waals surface area contributed by atoms with E-state index >= 15 is 0 Å². The van der Waals surface area contributed by atoms with Crippen LogP contribution in [0.25, 0.3) is 6.08 Å². The monoisotopic (exact) mass is 432 g/mol. The fourth-order valence-electron chi connectivity index (χ4n) is 2.54. The molecule has 0 aromatic heterocycles. The van der Waals surface area contributed by atoms with Gasteiger partial charge in [-0.2, -0.15) is 0 Å². The number of halogens is 1. The van der Waals surface area contributed by atoms with Gasteiger partial charge in [-0.05, 0) is 55.8 Å². The van der Waals surface area contributed by atoms with E-state index in [2.05, 4.69) is 10.6 Å². The molecule has 2 amide bonds. The molecule has 2 aromatic rings. The van der Waals surface area contributed by atoms with Crippen LogP contribution in [-0.4, -0.2) is 38.7 Å². The van der Waals surface area contributed by atoms with Gasteiger partial charge in [0.1, 0.15) is 6.61 Å². The lowest BCUT2D eigenvalue weighted by Crippen LogP contribution is -2.17. The quantitative estimate of drug-likeness (QED) is 0.574. The highest BCUT2D eigenvalue weighted by atomic mass is 35.5. The molecule has 7 nitrogen and oxygen atoms in total. The largest absolute Gasteiger partial charge is 0.493 e. The number of amides is 2. The Hall–Kier alpha value is -3.03. The van der Waals surface area contributed by atoms with Crippen molar-refractivity contribution in [3.8, 4) is 11.5 Å². The predicted molar refractivity (Wildman–Crippen MR) is 118 cm³/mol. The first kappa shape index (κ1) is 23.3. The Bertz CT molecular complexity index is 928. The van der Waals surface area contributed by atoms with Crippen molar-refractivity contribution in [2.75, 3.05) is 31.5 Å². The number of carbonyl (C=O) groups is 2. The predicted octanol–water partition coefficient (Wildman–Crippen LogP) is 4.37. The van der Waals surface area contributed by atoms with Crippen molar-refractivity contribution in [3.63, 3.8) is 0 Å². The molecule has 0 atom stereocenters. The highest BCUT2D eigenvalue weighted by molar-refractivity contribution is 6.32. The summed E-state index contributed by atoms with van der Waals surface area (Å²) < 4.78 is 15.8. The Kier molecular flexibility index (Phi) is 8.70. The maximum Gasteiger partial charge on any atom is 0.250 e. The summed E-state index contributed by atoms with van der Waals surface area (Å²) in [5.74, 6) is 0.323. The molecule has 0 saturated heterocycles. The molecule has 30 heavy (non-hydrogen) atoms. The molecule has 0 saturated carbocycles. The second-order valence-electron chi connectivity index (χ2n) is 6.59. The Morgan fingerprint density at radius 1 is 1.10 bits per heavy atom. The smallest absolute Gasteiger partial charge is 0.250 e. The first-order valence-electron chi connectivity index (χ1n) is 9.24. The molecule has 0 heterocycles. The number of methoxy groups -OCH3 is 2. The average Bonchev–Trinajstić information content (AvgIpc) is 2.68. The van der Waals surface area contributed by atoms with Crippen molar-refractivity contribution in [2.45, 2.75) is 20.0 Å². The Balaban J connectivity index is 2.08. The minimum absolute atomic E-state index is 0.0493. The van der Waals surface area contributed by atoms with Crippen molar-refractivity contribution in [1.29, 1.82) is 0 Å². The normalized spacial score (nSPS) is 10.9. The van der Waals surface area contributed by atoms with E-state index in [-0.39, 0.29) is 24.5 Å². The van der Waals surface area contributed by atoms with Crippen LogP contribution < -0.4 is 20.1 Å². The summed E-state index contributed by atoms with van der Waals surface area (Å²) in [6.45, 7) is 3.74. The van der Waals surface area contributed by atoms with Gasteiger partial charge in [0.25, 0.3) is 0 Å². The van der Waals surface area contributed by atoms with Crippen LogP contribution >= 0.6 is 11.6 Å². The van der Waals surface area contributed by atoms with Crippen molar-refractivity contribution >= 4 is 40.9 Å². The summed E-state index contributed by atoms with van der Waals surface area (Å²) in [5.41, 5.74) is 1.77. The van der Waals surface area contributed by atoms with E-state index in [9.17, 15) is 9.59 Å². The molecule has 0 aliphatic carbocycles. The third-order valence-electron chi connectivity index (χ3n) is 3.72. The Morgan fingerprint density at radius 2 is 1.80 bits per heavy atom. The van der Waals surface area contributed by atoms with Gasteiger partial charge in [0.05, 0.1) is 18.2 Å². The lowest BCUT2D eigenvalue weighted by molar-refractivity contribution is -0.119. The van der Waals surface area contributed by atoms with Gasteiger partial charge < -0.3 is 24.8 Å². The first-order valence-corrected chi connectivity index (χ1v) is 9.62. The molecule has 8 heteroatoms. The van der Waals surface area contributed by atoms with Crippen molar-refractivity contribution in [3.05, 3.63) is 53.1 Å². The molecule has 2 rings (SSSR count). The maximum atomic E-state index is 12.3. The van der Waals surface area contributed by atoms with Gasteiger partial charge >= 0.3 is 0 Å². The maximum absolute atomic E-state index is 12.3. The van der Waals surface area contributed by atoms with Crippen LogP contribution in [0.5, 0.6) is 11.5 Å². The molecule has 2 aromatic carbocycles. The van der Waals surface area contributed by atoms with E-state index in [1.54, 1.807) is 42.5 Å². The summed E-state index contributed by atoms with van der Waals surface area (Å²) in [5, 5.41) is 5.81. The van der Waals surface area contributed by atoms with Gasteiger partial charge in [0, 0.05) is 24.6 Å². The summed E-state index contributed by atoms with van der Waals surface area (Å²) in [6, 6.07) is 10.2. The number of rotatable bonds is 9. The zero-order chi connectivity index (χ0) is 22.1. The van der Waals surface area contributed by atoms with Gasteiger partial charge in [0.15, 0.2) is 11.5 Å². The summed E-state index contributed by atoms with van der Waals surface area (Å²) in [7, 11) is 2.97. The molecule has 0 spiro atoms. The summed E-state index contributed by atoms with van der Waals surface area (Å²) in [4.78, 5) is 23.9. The average molecular weight is 433 g/mol. The summed E-state index contributed by atoms with van der Waals surface area (Å²) in [6.07, 6.45) is 2.94. The van der Waals surface area contributed by atoms with Crippen molar-refractivity contribution in [2.24, 2.45) is 0 Å². The van der Waals surface area contributed by atoms with Gasteiger partial charge in [-0.1, -0.05) is 17.7 Å². The minimum Gasteiger partial charge on any atom is -0.493 e. The Morgan fingerprint density at radius 3 is 2.43 bits per heavy atom. The van der Waals surface area contributed by atoms with Crippen molar-refractivity contribution in [1.82, 2.24) is 0 Å². The fourth-order valence-corrected chi connectivity index (χ4v) is 2.81. The molecule has 160 valence electrons. The van der Waals surface area contributed by atoms with E-state index in [4.69, 9.17) is 25.8 Å². The second-order valence-corrected chi connectivity index (χ2v) is 6.99. The number of nitrogens with one attached hydrogen (secondary N) is 2. The highest BCUT2D eigenvalue weighted by Crippen LogP contribution is 2.37. The third-order valence-corrected chi connectivity index (χ3v) is 4.00. The molecule has 0 aliphatic heterocycles. The number of ether oxygens (including phenoxy) is 3. The molecular weight excluding hydrogens is 408 g/mol. The van der Waals surface area contributed by atoms with E-state index in [1.165, 1.54) is 20.3 Å². The van der Waals surface area contributed by atoms with E-state index in [0.717, 1.165) is 0 Å². The Labute approximate surface area is 181 Å². The number of carbonyl (C=O) groups excluding carboxylic acids is 2. The molecule has 0 bridgehead atoms. The van der Waals surface area contributed by atoms with Gasteiger partial charge in [0.2, 0.25) is 11.8 Å². The molecule has 0 fully saturated rings. The van der Waals surface area contributed by atoms with Crippen LogP contribution in [0.3, 0.4) is 0 Å². The number of anilines is 2. The summed E-state index contributed by atoms with van der Waals surface area (Å²) >= 11 is 6.30. The van der Waals surface area contributed by atoms with Crippen LogP contribution in [-0.2, 0) is 14.3 Å². The zero-order valence-electron chi connectivity index (χ0n) is 17.3. The van der Waals surface area contributed by atoms with E-state index in [0.29, 0.717) is 33.5 Å². The minimum atomic E-state index is -0.340. The number of hydrogen-bond acceptors (Lipinski definition) is 5. The van der Waals surface area contributed by atoms with Crippen LogP contribution in [0.2, 0.25) is 5.02 Å². The highest BCUT2D eigenvalue weighted by Gasteiger charge is 2.13. The zero-order valence-corrected chi connectivity index (χ0v) is 18.1. The number of hydrogen-bond donors (Lipinski definition) is 2. The third kappa shape index (κ3) is 7.09. The van der Waals surface area contributed by atoms with E-state index < -0.39 is 0 Å². The van der Waals surface area contributed by atoms with Crippen molar-refractivity contribution < 1.29 is 23.8 Å². The molecular formula is C22H25ClN2O5.